The number of imidazole rings is 1. The summed E-state index contributed by atoms with van der Waals surface area (Å²) in [7, 11) is 2.09. The van der Waals surface area contributed by atoms with Gasteiger partial charge in [0.1, 0.15) is 5.69 Å². The van der Waals surface area contributed by atoms with Gasteiger partial charge in [-0.2, -0.15) is 0 Å². The minimum atomic E-state index is 0.405. The molecular weight excluding hydrogens is 434 g/mol. The Morgan fingerprint density at radius 1 is 0.914 bits per heavy atom. The van der Waals surface area contributed by atoms with E-state index in [-0.39, 0.29) is 0 Å². The molecule has 0 aliphatic carbocycles. The first-order valence-electron chi connectivity index (χ1n) is 11.9. The molecule has 35 heavy (non-hydrogen) atoms. The third-order valence-corrected chi connectivity index (χ3v) is 6.58. The van der Waals surface area contributed by atoms with E-state index in [0.29, 0.717) is 5.92 Å². The van der Waals surface area contributed by atoms with Crippen molar-refractivity contribution in [3.8, 4) is 22.6 Å². The van der Waals surface area contributed by atoms with E-state index in [1.165, 1.54) is 11.1 Å². The van der Waals surface area contributed by atoms with Gasteiger partial charge in [0.2, 0.25) is 0 Å². The van der Waals surface area contributed by atoms with E-state index in [4.69, 9.17) is 9.97 Å². The maximum Gasteiger partial charge on any atom is 0.163 e. The lowest BCUT2D eigenvalue weighted by Gasteiger charge is -2.19. The molecule has 1 aliphatic rings. The highest BCUT2D eigenvalue weighted by molar-refractivity contribution is 5.75. The fourth-order valence-electron chi connectivity index (χ4n) is 4.77. The first-order valence-corrected chi connectivity index (χ1v) is 11.9. The second-order valence-corrected chi connectivity index (χ2v) is 9.31. The fraction of sp³-hybridized carbons (Fsp3) is 0.214. The van der Waals surface area contributed by atoms with Gasteiger partial charge in [-0.25, -0.2) is 15.0 Å². The van der Waals surface area contributed by atoms with Gasteiger partial charge < -0.3 is 14.2 Å². The third-order valence-electron chi connectivity index (χ3n) is 6.58. The van der Waals surface area contributed by atoms with Crippen LogP contribution in [0.3, 0.4) is 0 Å². The van der Waals surface area contributed by atoms with Crippen LogP contribution in [0.4, 0.5) is 11.5 Å². The number of hydrogen-bond donors (Lipinski definition) is 0. The summed E-state index contributed by atoms with van der Waals surface area (Å²) >= 11 is 0. The van der Waals surface area contributed by atoms with Crippen molar-refractivity contribution in [2.75, 3.05) is 23.5 Å². The van der Waals surface area contributed by atoms with E-state index < -0.39 is 0 Å². The number of nitrogens with zero attached hydrogens (tertiary/aromatic N) is 7. The normalized spacial score (nSPS) is 13.1. The molecule has 0 saturated heterocycles. The van der Waals surface area contributed by atoms with Crippen LogP contribution in [0.5, 0.6) is 0 Å². The molecule has 4 heterocycles. The van der Waals surface area contributed by atoms with Gasteiger partial charge in [-0.1, -0.05) is 62.4 Å². The van der Waals surface area contributed by atoms with Crippen molar-refractivity contribution in [3.63, 3.8) is 0 Å². The van der Waals surface area contributed by atoms with Gasteiger partial charge in [0, 0.05) is 49.5 Å². The topological polar surface area (TPSA) is 62.5 Å². The zero-order valence-corrected chi connectivity index (χ0v) is 20.1. The zero-order valence-electron chi connectivity index (χ0n) is 20.1. The quantitative estimate of drug-likeness (QED) is 0.350. The minimum Gasteiger partial charge on any atom is -0.353 e. The molecule has 5 aromatic rings. The first-order chi connectivity index (χ1) is 17.1. The Labute approximate surface area is 204 Å². The zero-order chi connectivity index (χ0) is 23.9. The highest BCUT2D eigenvalue weighted by Gasteiger charge is 2.26. The van der Waals surface area contributed by atoms with Crippen molar-refractivity contribution in [1.82, 2.24) is 24.3 Å². The molecule has 7 heteroatoms. The SMILES string of the molecule is CC(C)c1ccccc1-c1ncc2c(n1)N(Cc1ccc(-c3nccn4ccnc34)cc1)CN2C. The van der Waals surface area contributed by atoms with E-state index in [9.17, 15) is 0 Å². The predicted molar refractivity (Wildman–Crippen MR) is 139 cm³/mol. The van der Waals surface area contributed by atoms with Crippen LogP contribution < -0.4 is 9.80 Å². The molecule has 6 rings (SSSR count). The number of rotatable bonds is 5. The maximum absolute atomic E-state index is 5.04. The molecule has 2 aromatic carbocycles. The molecule has 0 unspecified atom stereocenters. The average molecular weight is 462 g/mol. The molecule has 0 N–H and O–H groups in total. The molecule has 0 atom stereocenters. The Morgan fingerprint density at radius 2 is 1.69 bits per heavy atom. The van der Waals surface area contributed by atoms with E-state index in [1.54, 1.807) is 6.20 Å². The van der Waals surface area contributed by atoms with Gasteiger partial charge in [-0.3, -0.25) is 4.98 Å². The van der Waals surface area contributed by atoms with Crippen LogP contribution >= 0.6 is 0 Å². The Morgan fingerprint density at radius 3 is 2.49 bits per heavy atom. The lowest BCUT2D eigenvalue weighted by Crippen LogP contribution is -2.27. The van der Waals surface area contributed by atoms with E-state index in [2.05, 4.69) is 89.2 Å². The van der Waals surface area contributed by atoms with Crippen LogP contribution in [0, 0.1) is 0 Å². The maximum atomic E-state index is 5.04. The predicted octanol–water partition coefficient (Wildman–Crippen LogP) is 5.39. The summed E-state index contributed by atoms with van der Waals surface area (Å²) in [5.41, 5.74) is 7.44. The molecule has 3 aromatic heterocycles. The number of aromatic nitrogens is 5. The molecule has 1 aliphatic heterocycles. The lowest BCUT2D eigenvalue weighted by molar-refractivity contribution is 0.807. The van der Waals surface area contributed by atoms with Crippen LogP contribution in [-0.2, 0) is 6.54 Å². The number of fused-ring (bicyclic) bond motifs is 2. The number of anilines is 2. The first kappa shape index (κ1) is 21.3. The highest BCUT2D eigenvalue weighted by Crippen LogP contribution is 2.36. The summed E-state index contributed by atoms with van der Waals surface area (Å²) in [5, 5.41) is 0. The second kappa shape index (κ2) is 8.51. The second-order valence-electron chi connectivity index (χ2n) is 9.31. The summed E-state index contributed by atoms with van der Waals surface area (Å²) in [6, 6.07) is 17.0. The van der Waals surface area contributed by atoms with E-state index >= 15 is 0 Å². The Kier molecular flexibility index (Phi) is 5.17. The summed E-state index contributed by atoms with van der Waals surface area (Å²) in [6.45, 7) is 5.95. The fourth-order valence-corrected chi connectivity index (χ4v) is 4.77. The molecule has 0 fully saturated rings. The molecule has 0 spiro atoms. The lowest BCUT2D eigenvalue weighted by atomic mass is 9.97. The number of benzene rings is 2. The van der Waals surface area contributed by atoms with Gasteiger partial charge in [0.25, 0.3) is 0 Å². The summed E-state index contributed by atoms with van der Waals surface area (Å²) in [6.07, 6.45) is 9.41. The van der Waals surface area contributed by atoms with E-state index in [1.807, 2.05) is 29.2 Å². The van der Waals surface area contributed by atoms with Crippen molar-refractivity contribution >= 4 is 17.2 Å². The molecular formula is C28H27N7. The molecule has 174 valence electrons. The van der Waals surface area contributed by atoms with Gasteiger partial charge in [-0.15, -0.1) is 0 Å². The van der Waals surface area contributed by atoms with Crippen molar-refractivity contribution in [2.45, 2.75) is 26.3 Å². The van der Waals surface area contributed by atoms with Gasteiger partial charge in [0.05, 0.1) is 18.6 Å². The Balaban J connectivity index is 1.29. The van der Waals surface area contributed by atoms with Crippen molar-refractivity contribution in [2.24, 2.45) is 0 Å². The standard InChI is InChI=1S/C28H27N7/c1-19(2)22-6-4-5-7-23(22)26-31-16-24-27(32-26)35(18-33(24)3)17-20-8-10-21(11-9-20)25-28-30-13-15-34(28)14-12-29-25/h4-16,19H,17-18H2,1-3H3. The Bertz CT molecular complexity index is 1500. The van der Waals surface area contributed by atoms with Crippen LogP contribution in [0.15, 0.2) is 79.5 Å². The van der Waals surface area contributed by atoms with Crippen molar-refractivity contribution in [1.29, 1.82) is 0 Å². The van der Waals surface area contributed by atoms with Crippen LogP contribution in [0.1, 0.15) is 30.9 Å². The summed E-state index contributed by atoms with van der Waals surface area (Å²) < 4.78 is 1.99. The van der Waals surface area contributed by atoms with Crippen LogP contribution in [0.25, 0.3) is 28.3 Å². The molecule has 0 bridgehead atoms. The van der Waals surface area contributed by atoms with Gasteiger partial charge in [-0.05, 0) is 17.0 Å². The van der Waals surface area contributed by atoms with E-state index in [0.717, 1.165) is 53.0 Å². The van der Waals surface area contributed by atoms with Crippen LogP contribution in [0.2, 0.25) is 0 Å². The highest BCUT2D eigenvalue weighted by atomic mass is 15.4. The third kappa shape index (κ3) is 3.79. The van der Waals surface area contributed by atoms with Gasteiger partial charge in [0.15, 0.2) is 17.3 Å². The summed E-state index contributed by atoms with van der Waals surface area (Å²) in [4.78, 5) is 23.3. The van der Waals surface area contributed by atoms with Crippen LogP contribution in [-0.4, -0.2) is 38.1 Å². The smallest absolute Gasteiger partial charge is 0.163 e. The molecule has 0 amide bonds. The monoisotopic (exact) mass is 461 g/mol. The van der Waals surface area contributed by atoms with Crippen molar-refractivity contribution < 1.29 is 0 Å². The minimum absolute atomic E-state index is 0.405. The number of hydrogen-bond acceptors (Lipinski definition) is 6. The molecule has 7 nitrogen and oxygen atoms in total. The largest absolute Gasteiger partial charge is 0.353 e. The van der Waals surface area contributed by atoms with Gasteiger partial charge >= 0.3 is 0 Å². The molecule has 0 radical (unpaired) electrons. The summed E-state index contributed by atoms with van der Waals surface area (Å²) in [5.74, 6) is 2.16. The Hall–Kier alpha value is -4.26. The van der Waals surface area contributed by atoms with Crippen molar-refractivity contribution in [3.05, 3.63) is 90.6 Å². The molecule has 0 saturated carbocycles. The average Bonchev–Trinajstić information content (AvgIpc) is 3.49.